The van der Waals surface area contributed by atoms with Gasteiger partial charge in [0.1, 0.15) is 5.82 Å². The first-order chi connectivity index (χ1) is 7.47. The van der Waals surface area contributed by atoms with E-state index in [2.05, 4.69) is 9.72 Å². The van der Waals surface area contributed by atoms with Gasteiger partial charge in [0.15, 0.2) is 0 Å². The monoisotopic (exact) mass is 322 g/mol. The van der Waals surface area contributed by atoms with Crippen LogP contribution < -0.4 is 5.73 Å². The molecule has 17 heavy (non-hydrogen) atoms. The van der Waals surface area contributed by atoms with E-state index in [1.165, 1.54) is 12.3 Å². The normalized spacial score (nSPS) is 11.2. The van der Waals surface area contributed by atoms with E-state index in [4.69, 9.17) is 17.3 Å². The number of nitrogens with zero attached hydrogens (tertiary/aromatic N) is 1. The van der Waals surface area contributed by atoms with Gasteiger partial charge >= 0.3 is 5.97 Å². The molecule has 94 valence electrons. The summed E-state index contributed by atoms with van der Waals surface area (Å²) in [6.07, 6.45) is 1.37. The third-order valence-electron chi connectivity index (χ3n) is 2.16. The van der Waals surface area contributed by atoms with Crippen LogP contribution in [0.15, 0.2) is 12.3 Å². The fourth-order valence-electron chi connectivity index (χ4n) is 1.23. The summed E-state index contributed by atoms with van der Waals surface area (Å²) < 4.78 is 4.34. The Hall–Kier alpha value is -1.14. The highest BCUT2D eigenvalue weighted by atomic mass is 79.9. The van der Waals surface area contributed by atoms with E-state index in [-0.39, 0.29) is 22.8 Å². The topological polar surface area (TPSA) is 82.3 Å². The van der Waals surface area contributed by atoms with Crippen LogP contribution in [0.3, 0.4) is 0 Å². The predicted molar refractivity (Wildman–Crippen MR) is 69.4 cm³/mol. The fourth-order valence-corrected chi connectivity index (χ4v) is 1.40. The van der Waals surface area contributed by atoms with Gasteiger partial charge in [-0.2, -0.15) is 0 Å². The van der Waals surface area contributed by atoms with Crippen molar-refractivity contribution in [1.82, 2.24) is 4.98 Å². The van der Waals surface area contributed by atoms with Gasteiger partial charge in [0, 0.05) is 11.8 Å². The van der Waals surface area contributed by atoms with Gasteiger partial charge in [0.2, 0.25) is 5.78 Å². The molecule has 0 aliphatic carbocycles. The van der Waals surface area contributed by atoms with Crippen LogP contribution in [-0.4, -0.2) is 23.8 Å². The van der Waals surface area contributed by atoms with Crippen molar-refractivity contribution < 1.29 is 14.3 Å². The largest absolute Gasteiger partial charge is 0.463 e. The van der Waals surface area contributed by atoms with Crippen LogP contribution in [-0.2, 0) is 14.3 Å². The van der Waals surface area contributed by atoms with E-state index in [1.807, 2.05) is 0 Å². The second-order valence-electron chi connectivity index (χ2n) is 3.21. The maximum Gasteiger partial charge on any atom is 0.374 e. The maximum absolute atomic E-state index is 11.5. The Kier molecular flexibility index (Phi) is 6.12. The van der Waals surface area contributed by atoms with Gasteiger partial charge in [-0.15, -0.1) is 17.0 Å². The molecule has 0 aromatic carbocycles. The van der Waals surface area contributed by atoms with Crippen LogP contribution in [0.1, 0.15) is 18.4 Å². The lowest BCUT2D eigenvalue weighted by atomic mass is 9.97. The van der Waals surface area contributed by atoms with Crippen molar-refractivity contribution in [2.75, 3.05) is 12.8 Å². The molecule has 1 aromatic rings. The lowest BCUT2D eigenvalue weighted by Crippen LogP contribution is -2.22. The zero-order valence-corrected chi connectivity index (χ0v) is 11.7. The van der Waals surface area contributed by atoms with Crippen molar-refractivity contribution in [1.29, 1.82) is 0 Å². The van der Waals surface area contributed by atoms with Crippen LogP contribution in [0.25, 0.3) is 0 Å². The number of nitrogens with two attached hydrogens (primary N) is 1. The minimum atomic E-state index is -0.910. The van der Waals surface area contributed by atoms with Crippen molar-refractivity contribution in [2.24, 2.45) is 0 Å². The van der Waals surface area contributed by atoms with Gasteiger partial charge in [-0.05, 0) is 6.07 Å². The molecule has 0 saturated carbocycles. The van der Waals surface area contributed by atoms with Crippen molar-refractivity contribution in [3.05, 3.63) is 22.8 Å². The molecule has 0 amide bonds. The fraction of sp³-hybridized carbons (Fsp3) is 0.300. The number of ketones is 1. The highest BCUT2D eigenvalue weighted by Crippen LogP contribution is 2.24. The second kappa shape index (κ2) is 6.56. The minimum Gasteiger partial charge on any atom is -0.463 e. The summed E-state index contributed by atoms with van der Waals surface area (Å²) in [5, 5.41) is 0.355. The molecule has 7 heteroatoms. The number of methoxy groups -OCH3 is 1. The van der Waals surface area contributed by atoms with Crippen molar-refractivity contribution in [2.45, 2.75) is 12.8 Å². The molecule has 1 heterocycles. The van der Waals surface area contributed by atoms with Gasteiger partial charge in [-0.25, -0.2) is 9.78 Å². The average molecular weight is 324 g/mol. The molecule has 1 rings (SSSR count). The number of carbonyl (C=O) groups excluding carboxylic acids is 2. The molecule has 0 aliphatic heterocycles. The summed E-state index contributed by atoms with van der Waals surface area (Å²) in [5.41, 5.74) is 6.02. The van der Waals surface area contributed by atoms with E-state index in [1.54, 1.807) is 6.92 Å². The number of esters is 1. The first kappa shape index (κ1) is 15.9. The number of aromatic nitrogens is 1. The van der Waals surface area contributed by atoms with Crippen LogP contribution in [0, 0.1) is 0 Å². The Morgan fingerprint density at radius 1 is 1.53 bits per heavy atom. The van der Waals surface area contributed by atoms with Crippen molar-refractivity contribution in [3.8, 4) is 0 Å². The van der Waals surface area contributed by atoms with E-state index >= 15 is 0 Å². The first-order valence-corrected chi connectivity index (χ1v) is 4.88. The number of ether oxygens (including phenoxy) is 1. The highest BCUT2D eigenvalue weighted by Gasteiger charge is 2.25. The molecular weight excluding hydrogens is 311 g/mol. The number of nitrogen functional groups attached to an aromatic ring is 1. The number of rotatable bonds is 3. The number of carbonyl (C=O) groups is 2. The van der Waals surface area contributed by atoms with Gasteiger partial charge in [-0.1, -0.05) is 18.5 Å². The predicted octanol–water partition coefficient (Wildman–Crippen LogP) is 1.74. The van der Waals surface area contributed by atoms with Gasteiger partial charge in [-0.3, -0.25) is 4.79 Å². The van der Waals surface area contributed by atoms with Crippen LogP contribution in [0.2, 0.25) is 5.02 Å². The third-order valence-corrected chi connectivity index (χ3v) is 2.37. The number of Topliss-reactive ketones (excluding diaryl/α,β-unsaturated/α-hetero) is 1. The molecule has 0 saturated heterocycles. The quantitative estimate of drug-likeness (QED) is 0.677. The Morgan fingerprint density at radius 2 is 2.12 bits per heavy atom. The summed E-state index contributed by atoms with van der Waals surface area (Å²) in [5.74, 6) is -2.14. The SMILES string of the molecule is Br.COC(=O)C(=O)C(C)c1cc(Cl)cnc1N. The van der Waals surface area contributed by atoms with E-state index in [0.717, 1.165) is 7.11 Å². The molecule has 2 N–H and O–H groups in total. The maximum atomic E-state index is 11.5. The number of pyridine rings is 1. The number of hydrogen-bond acceptors (Lipinski definition) is 5. The molecule has 0 fully saturated rings. The number of halogens is 2. The van der Waals surface area contributed by atoms with Crippen molar-refractivity contribution >= 4 is 46.2 Å². The standard InChI is InChI=1S/C10H11ClN2O3.BrH/c1-5(8(14)10(15)16-2)7-3-6(11)4-13-9(7)12;/h3-5H,1-2H3,(H2,12,13);1H. The molecule has 1 atom stereocenters. The third kappa shape index (κ3) is 3.67. The first-order valence-electron chi connectivity index (χ1n) is 4.50. The summed E-state index contributed by atoms with van der Waals surface area (Å²) in [7, 11) is 1.15. The zero-order valence-electron chi connectivity index (χ0n) is 9.27. The molecule has 1 unspecified atom stereocenters. The summed E-state index contributed by atoms with van der Waals surface area (Å²) in [4.78, 5) is 26.4. The summed E-state index contributed by atoms with van der Waals surface area (Å²) in [6.45, 7) is 1.54. The molecule has 0 bridgehead atoms. The molecule has 5 nitrogen and oxygen atoms in total. The number of anilines is 1. The van der Waals surface area contributed by atoms with E-state index < -0.39 is 17.7 Å². The van der Waals surface area contributed by atoms with Gasteiger partial charge in [0.05, 0.1) is 18.1 Å². The molecule has 0 aliphatic rings. The van der Waals surface area contributed by atoms with E-state index in [0.29, 0.717) is 10.6 Å². The highest BCUT2D eigenvalue weighted by molar-refractivity contribution is 8.93. The molecule has 1 aromatic heterocycles. The van der Waals surface area contributed by atoms with Crippen molar-refractivity contribution in [3.63, 3.8) is 0 Å². The minimum absolute atomic E-state index is 0. The molecule has 0 radical (unpaired) electrons. The van der Waals surface area contributed by atoms with Gasteiger partial charge < -0.3 is 10.5 Å². The smallest absolute Gasteiger partial charge is 0.374 e. The Bertz CT molecular complexity index is 440. The van der Waals surface area contributed by atoms with Crippen LogP contribution in [0.4, 0.5) is 5.82 Å². The molecule has 0 spiro atoms. The summed E-state index contributed by atoms with van der Waals surface area (Å²) in [6, 6.07) is 1.51. The Morgan fingerprint density at radius 3 is 2.65 bits per heavy atom. The average Bonchev–Trinajstić information content (AvgIpc) is 2.29. The Labute approximate surface area is 114 Å². The van der Waals surface area contributed by atoms with Crippen LogP contribution >= 0.6 is 28.6 Å². The van der Waals surface area contributed by atoms with Crippen LogP contribution in [0.5, 0.6) is 0 Å². The zero-order chi connectivity index (χ0) is 12.3. The Balaban J connectivity index is 0.00000256. The number of hydrogen-bond donors (Lipinski definition) is 1. The van der Waals surface area contributed by atoms with E-state index in [9.17, 15) is 9.59 Å². The second-order valence-corrected chi connectivity index (χ2v) is 3.64. The summed E-state index contributed by atoms with van der Waals surface area (Å²) >= 11 is 5.73. The van der Waals surface area contributed by atoms with Gasteiger partial charge in [0.25, 0.3) is 0 Å². The lowest BCUT2D eigenvalue weighted by Gasteiger charge is -2.11. The molecular formula is C10H12BrClN2O3. The lowest BCUT2D eigenvalue weighted by molar-refractivity contribution is -0.152.